The highest BCUT2D eigenvalue weighted by Crippen LogP contribution is 2.34. The van der Waals surface area contributed by atoms with Crippen molar-refractivity contribution >= 4 is 5.91 Å². The summed E-state index contributed by atoms with van der Waals surface area (Å²) in [5.41, 5.74) is 4.83. The van der Waals surface area contributed by atoms with E-state index in [1.807, 2.05) is 53.8 Å². The number of carbonyl (C=O) groups is 1. The summed E-state index contributed by atoms with van der Waals surface area (Å²) in [6.45, 7) is 4.69. The van der Waals surface area contributed by atoms with Crippen LogP contribution in [0.1, 0.15) is 35.0 Å². The minimum Gasteiger partial charge on any atom is -0.335 e. The summed E-state index contributed by atoms with van der Waals surface area (Å²) < 4.78 is 15.1. The van der Waals surface area contributed by atoms with Gasteiger partial charge in [0.05, 0.1) is 23.8 Å². The van der Waals surface area contributed by atoms with Crippen LogP contribution in [0.25, 0.3) is 5.69 Å². The van der Waals surface area contributed by atoms with Crippen LogP contribution < -0.4 is 0 Å². The maximum Gasteiger partial charge on any atom is 0.227 e. The molecule has 138 valence electrons. The van der Waals surface area contributed by atoms with Crippen molar-refractivity contribution in [3.05, 3.63) is 82.9 Å². The molecule has 1 aromatic heterocycles. The molecule has 2 aromatic carbocycles. The van der Waals surface area contributed by atoms with E-state index in [2.05, 4.69) is 5.10 Å². The fourth-order valence-electron chi connectivity index (χ4n) is 3.72. The van der Waals surface area contributed by atoms with E-state index < -0.39 is 0 Å². The first-order chi connectivity index (χ1) is 13.0. The molecule has 0 bridgehead atoms. The first kappa shape index (κ1) is 17.5. The Morgan fingerprint density at radius 1 is 1.11 bits per heavy atom. The number of para-hydroxylation sites is 1. The van der Waals surface area contributed by atoms with Gasteiger partial charge in [-0.15, -0.1) is 0 Å². The van der Waals surface area contributed by atoms with Crippen LogP contribution in [-0.4, -0.2) is 27.1 Å². The summed E-state index contributed by atoms with van der Waals surface area (Å²) in [6.07, 6.45) is 1.25. The van der Waals surface area contributed by atoms with E-state index in [0.29, 0.717) is 6.42 Å². The molecule has 1 unspecified atom stereocenters. The average Bonchev–Trinajstić information content (AvgIpc) is 2.91. The van der Waals surface area contributed by atoms with Crippen molar-refractivity contribution in [3.8, 4) is 5.69 Å². The van der Waals surface area contributed by atoms with Gasteiger partial charge < -0.3 is 4.90 Å². The lowest BCUT2D eigenvalue weighted by Crippen LogP contribution is -2.45. The van der Waals surface area contributed by atoms with Gasteiger partial charge in [0.2, 0.25) is 5.91 Å². The number of rotatable bonds is 4. The van der Waals surface area contributed by atoms with Crippen LogP contribution >= 0.6 is 0 Å². The first-order valence-electron chi connectivity index (χ1n) is 9.20. The molecule has 27 heavy (non-hydrogen) atoms. The van der Waals surface area contributed by atoms with E-state index in [4.69, 9.17) is 0 Å². The van der Waals surface area contributed by atoms with Crippen LogP contribution in [0, 0.1) is 19.7 Å². The summed E-state index contributed by atoms with van der Waals surface area (Å²) in [5.74, 6) is -0.162. The number of likely N-dealkylation sites (tertiary alicyclic amines) is 1. The molecule has 1 aliphatic heterocycles. The molecular weight excluding hydrogens is 341 g/mol. The van der Waals surface area contributed by atoms with Crippen LogP contribution in [0.15, 0.2) is 54.6 Å². The van der Waals surface area contributed by atoms with Crippen molar-refractivity contribution in [2.75, 3.05) is 6.54 Å². The molecule has 4 rings (SSSR count). The monoisotopic (exact) mass is 363 g/mol. The zero-order chi connectivity index (χ0) is 19.0. The zero-order valence-electron chi connectivity index (χ0n) is 15.5. The van der Waals surface area contributed by atoms with E-state index in [9.17, 15) is 9.18 Å². The second-order valence-electron chi connectivity index (χ2n) is 7.02. The standard InChI is InChI=1S/C22H22FN3O/c1-15-20(16(2)26(24-15)19-6-4-3-5-7-19)14-22(27)25-13-12-21(25)17-8-10-18(23)11-9-17/h3-11,21H,12-14H2,1-2H3. The quantitative estimate of drug-likeness (QED) is 0.699. The third-order valence-electron chi connectivity index (χ3n) is 5.36. The van der Waals surface area contributed by atoms with E-state index in [0.717, 1.165) is 41.2 Å². The van der Waals surface area contributed by atoms with Crippen molar-refractivity contribution in [2.45, 2.75) is 32.7 Å². The molecule has 1 atom stereocenters. The van der Waals surface area contributed by atoms with E-state index >= 15 is 0 Å². The van der Waals surface area contributed by atoms with Crippen molar-refractivity contribution in [3.63, 3.8) is 0 Å². The van der Waals surface area contributed by atoms with Gasteiger partial charge in [-0.2, -0.15) is 5.10 Å². The molecule has 0 saturated carbocycles. The Morgan fingerprint density at radius 2 is 1.81 bits per heavy atom. The second-order valence-corrected chi connectivity index (χ2v) is 7.02. The van der Waals surface area contributed by atoms with E-state index in [1.165, 1.54) is 12.1 Å². The summed E-state index contributed by atoms with van der Waals surface area (Å²) in [6, 6.07) is 16.4. The highest BCUT2D eigenvalue weighted by atomic mass is 19.1. The maximum atomic E-state index is 13.2. The van der Waals surface area contributed by atoms with Crippen LogP contribution in [0.5, 0.6) is 0 Å². The predicted octanol–water partition coefficient (Wildman–Crippen LogP) is 4.14. The Labute approximate surface area is 158 Å². The number of benzene rings is 2. The van der Waals surface area contributed by atoms with Gasteiger partial charge in [0.25, 0.3) is 0 Å². The largest absolute Gasteiger partial charge is 0.335 e. The molecule has 0 aliphatic carbocycles. The van der Waals surface area contributed by atoms with Crippen LogP contribution in [0.2, 0.25) is 0 Å². The number of aryl methyl sites for hydroxylation is 1. The average molecular weight is 363 g/mol. The van der Waals surface area contributed by atoms with Crippen LogP contribution in [-0.2, 0) is 11.2 Å². The topological polar surface area (TPSA) is 38.1 Å². The lowest BCUT2D eigenvalue weighted by molar-refractivity contribution is -0.138. The number of aromatic nitrogens is 2. The molecule has 1 saturated heterocycles. The summed E-state index contributed by atoms with van der Waals surface area (Å²) in [4.78, 5) is 14.8. The summed E-state index contributed by atoms with van der Waals surface area (Å²) >= 11 is 0. The van der Waals surface area contributed by atoms with Gasteiger partial charge in [-0.1, -0.05) is 30.3 Å². The van der Waals surface area contributed by atoms with Gasteiger partial charge in [0, 0.05) is 17.8 Å². The van der Waals surface area contributed by atoms with Crippen molar-refractivity contribution in [2.24, 2.45) is 0 Å². The lowest BCUT2D eigenvalue weighted by Gasteiger charge is -2.41. The number of carbonyl (C=O) groups excluding carboxylic acids is 1. The number of hydrogen-bond donors (Lipinski definition) is 0. The van der Waals surface area contributed by atoms with E-state index in [1.54, 1.807) is 12.1 Å². The van der Waals surface area contributed by atoms with Gasteiger partial charge >= 0.3 is 0 Å². The Hall–Kier alpha value is -2.95. The molecular formula is C22H22FN3O. The van der Waals surface area contributed by atoms with Crippen molar-refractivity contribution in [1.29, 1.82) is 0 Å². The molecule has 1 amide bonds. The van der Waals surface area contributed by atoms with Gasteiger partial charge in [0.15, 0.2) is 0 Å². The maximum absolute atomic E-state index is 13.2. The molecule has 0 N–H and O–H groups in total. The number of halogens is 1. The lowest BCUT2D eigenvalue weighted by atomic mass is 9.93. The fourth-order valence-corrected chi connectivity index (χ4v) is 3.72. The Kier molecular flexibility index (Phi) is 4.52. The minimum atomic E-state index is -0.254. The fraction of sp³-hybridized carbons (Fsp3) is 0.273. The Balaban J connectivity index is 1.53. The Morgan fingerprint density at radius 3 is 2.44 bits per heavy atom. The number of hydrogen-bond acceptors (Lipinski definition) is 2. The van der Waals surface area contributed by atoms with E-state index in [-0.39, 0.29) is 17.8 Å². The minimum absolute atomic E-state index is 0.0443. The molecule has 1 aliphatic rings. The van der Waals surface area contributed by atoms with Crippen LogP contribution in [0.3, 0.4) is 0 Å². The van der Waals surface area contributed by atoms with Gasteiger partial charge in [-0.3, -0.25) is 4.79 Å². The van der Waals surface area contributed by atoms with Gasteiger partial charge in [-0.25, -0.2) is 9.07 Å². The number of nitrogens with zero attached hydrogens (tertiary/aromatic N) is 3. The molecule has 4 nitrogen and oxygen atoms in total. The van der Waals surface area contributed by atoms with Gasteiger partial charge in [0.1, 0.15) is 5.82 Å². The normalized spacial score (nSPS) is 16.3. The van der Waals surface area contributed by atoms with Gasteiger partial charge in [-0.05, 0) is 50.1 Å². The molecule has 5 heteroatoms. The second kappa shape index (κ2) is 6.99. The Bertz CT molecular complexity index is 963. The molecule has 0 spiro atoms. The molecule has 3 aromatic rings. The van der Waals surface area contributed by atoms with Crippen molar-refractivity contribution < 1.29 is 9.18 Å². The molecule has 0 radical (unpaired) electrons. The zero-order valence-corrected chi connectivity index (χ0v) is 15.5. The highest BCUT2D eigenvalue weighted by Gasteiger charge is 2.33. The SMILES string of the molecule is Cc1nn(-c2ccccc2)c(C)c1CC(=O)N1CCC1c1ccc(F)cc1. The first-order valence-corrected chi connectivity index (χ1v) is 9.20. The number of amides is 1. The van der Waals surface area contributed by atoms with Crippen LogP contribution in [0.4, 0.5) is 4.39 Å². The summed E-state index contributed by atoms with van der Waals surface area (Å²) in [7, 11) is 0. The third-order valence-corrected chi connectivity index (χ3v) is 5.36. The highest BCUT2D eigenvalue weighted by molar-refractivity contribution is 5.80. The van der Waals surface area contributed by atoms with Crippen molar-refractivity contribution in [1.82, 2.24) is 14.7 Å². The smallest absolute Gasteiger partial charge is 0.227 e. The predicted molar refractivity (Wildman–Crippen MR) is 102 cm³/mol. The molecule has 2 heterocycles. The molecule has 1 fully saturated rings. The summed E-state index contributed by atoms with van der Waals surface area (Å²) in [5, 5.41) is 4.63. The third kappa shape index (κ3) is 3.25.